The third-order valence-corrected chi connectivity index (χ3v) is 8.85. The fourth-order valence-corrected chi connectivity index (χ4v) is 6.67. The minimum absolute atomic E-state index is 0.178. The van der Waals surface area contributed by atoms with E-state index in [1.54, 1.807) is 36.7 Å². The second-order valence-electron chi connectivity index (χ2n) is 8.40. The van der Waals surface area contributed by atoms with Crippen molar-refractivity contribution in [2.75, 3.05) is 19.7 Å². The van der Waals surface area contributed by atoms with E-state index in [9.17, 15) is 18.0 Å². The predicted octanol–water partition coefficient (Wildman–Crippen LogP) is 3.58. The van der Waals surface area contributed by atoms with Gasteiger partial charge in [-0.2, -0.15) is 9.30 Å². The Morgan fingerprint density at radius 3 is 2.53 bits per heavy atom. The van der Waals surface area contributed by atoms with E-state index in [-0.39, 0.29) is 4.90 Å². The lowest BCUT2D eigenvalue weighted by Crippen LogP contribution is -2.39. The molecular formula is C24H27N3O5S2. The molecule has 1 aromatic heterocycles. The van der Waals surface area contributed by atoms with E-state index in [0.717, 1.165) is 23.1 Å². The van der Waals surface area contributed by atoms with Crippen molar-refractivity contribution >= 4 is 43.5 Å². The van der Waals surface area contributed by atoms with Crippen LogP contribution in [-0.4, -0.2) is 48.9 Å². The predicted molar refractivity (Wildman–Crippen MR) is 130 cm³/mol. The highest BCUT2D eigenvalue weighted by Gasteiger charge is 2.28. The van der Waals surface area contributed by atoms with Gasteiger partial charge < -0.3 is 9.30 Å². The van der Waals surface area contributed by atoms with Crippen molar-refractivity contribution in [3.8, 4) is 0 Å². The summed E-state index contributed by atoms with van der Waals surface area (Å²) in [5.74, 6) is -0.536. The third kappa shape index (κ3) is 4.84. The molecular weight excluding hydrogens is 474 g/mol. The lowest BCUT2D eigenvalue weighted by atomic mass is 10.0. The molecule has 34 heavy (non-hydrogen) atoms. The molecule has 1 aliphatic rings. The van der Waals surface area contributed by atoms with Crippen molar-refractivity contribution in [2.45, 2.75) is 31.6 Å². The van der Waals surface area contributed by atoms with Crippen LogP contribution < -0.4 is 4.80 Å². The number of nitrogens with zero attached hydrogens (tertiary/aromatic N) is 3. The summed E-state index contributed by atoms with van der Waals surface area (Å²) in [6.45, 7) is 5.12. The van der Waals surface area contributed by atoms with Crippen molar-refractivity contribution in [2.24, 2.45) is 18.0 Å². The van der Waals surface area contributed by atoms with E-state index in [2.05, 4.69) is 11.9 Å². The van der Waals surface area contributed by atoms with Gasteiger partial charge in [-0.25, -0.2) is 13.2 Å². The summed E-state index contributed by atoms with van der Waals surface area (Å²) >= 11 is 1.29. The summed E-state index contributed by atoms with van der Waals surface area (Å²) in [6.07, 6.45) is 1.88. The molecule has 0 bridgehead atoms. The Morgan fingerprint density at radius 1 is 1.15 bits per heavy atom. The first-order chi connectivity index (χ1) is 16.2. The smallest absolute Gasteiger partial charge is 0.338 e. The highest BCUT2D eigenvalue weighted by molar-refractivity contribution is 7.89. The van der Waals surface area contributed by atoms with Crippen molar-refractivity contribution < 1.29 is 22.7 Å². The van der Waals surface area contributed by atoms with E-state index in [0.29, 0.717) is 41.5 Å². The number of ether oxygens (including phenoxy) is 1. The number of aromatic nitrogens is 1. The van der Waals surface area contributed by atoms with E-state index in [1.807, 2.05) is 0 Å². The van der Waals surface area contributed by atoms with Crippen molar-refractivity contribution in [1.82, 2.24) is 8.87 Å². The van der Waals surface area contributed by atoms with Gasteiger partial charge in [0.25, 0.3) is 5.91 Å². The van der Waals surface area contributed by atoms with Gasteiger partial charge in [0.15, 0.2) is 4.80 Å². The molecule has 0 spiro atoms. The Morgan fingerprint density at radius 2 is 1.85 bits per heavy atom. The van der Waals surface area contributed by atoms with Gasteiger partial charge in [-0.1, -0.05) is 18.3 Å². The number of thiazole rings is 1. The van der Waals surface area contributed by atoms with Crippen molar-refractivity contribution in [3.63, 3.8) is 0 Å². The quantitative estimate of drug-likeness (QED) is 0.498. The number of rotatable bonds is 5. The molecule has 10 heteroatoms. The zero-order valence-electron chi connectivity index (χ0n) is 19.4. The van der Waals surface area contributed by atoms with E-state index in [4.69, 9.17) is 4.74 Å². The minimum Gasteiger partial charge on any atom is -0.462 e. The molecule has 1 saturated heterocycles. The highest BCUT2D eigenvalue weighted by atomic mass is 32.2. The molecule has 1 amide bonds. The van der Waals surface area contributed by atoms with Crippen molar-refractivity contribution in [3.05, 3.63) is 58.4 Å². The molecule has 0 saturated carbocycles. The normalized spacial score (nSPS) is 17.7. The Bertz CT molecular complexity index is 1400. The van der Waals surface area contributed by atoms with Crippen LogP contribution in [0.15, 0.2) is 52.4 Å². The van der Waals surface area contributed by atoms with Crippen LogP contribution in [0, 0.1) is 5.92 Å². The van der Waals surface area contributed by atoms with Gasteiger partial charge >= 0.3 is 5.97 Å². The Kier molecular flexibility index (Phi) is 7.01. The molecule has 8 nitrogen and oxygen atoms in total. The van der Waals surface area contributed by atoms with Crippen LogP contribution >= 0.6 is 11.3 Å². The number of piperidine rings is 1. The van der Waals surface area contributed by atoms with Crippen molar-refractivity contribution in [1.29, 1.82) is 0 Å². The number of benzene rings is 2. The number of carbonyl (C=O) groups excluding carboxylic acids is 2. The maximum Gasteiger partial charge on any atom is 0.338 e. The average molecular weight is 502 g/mol. The Balaban J connectivity index is 1.59. The molecule has 1 aliphatic heterocycles. The molecule has 2 aromatic carbocycles. The molecule has 3 aromatic rings. The minimum atomic E-state index is -3.58. The lowest BCUT2D eigenvalue weighted by Gasteiger charge is -2.30. The summed E-state index contributed by atoms with van der Waals surface area (Å²) in [6, 6.07) is 11.1. The number of sulfonamides is 1. The van der Waals surface area contributed by atoms with Gasteiger partial charge in [0.05, 0.1) is 27.3 Å². The number of fused-ring (bicyclic) bond motifs is 1. The molecule has 4 rings (SSSR count). The zero-order valence-corrected chi connectivity index (χ0v) is 21.0. The monoisotopic (exact) mass is 501 g/mol. The fraction of sp³-hybridized carbons (Fsp3) is 0.375. The third-order valence-electron chi connectivity index (χ3n) is 5.88. The van der Waals surface area contributed by atoms with Crippen LogP contribution in [0.25, 0.3) is 10.2 Å². The molecule has 0 aliphatic carbocycles. The second-order valence-corrected chi connectivity index (χ2v) is 11.3. The maximum atomic E-state index is 12.9. The number of aryl methyl sites for hydroxylation is 1. The first kappa shape index (κ1) is 24.3. The molecule has 1 atom stereocenters. The van der Waals surface area contributed by atoms with Gasteiger partial charge in [-0.05, 0) is 68.1 Å². The lowest BCUT2D eigenvalue weighted by molar-refractivity contribution is 0.0526. The number of amides is 1. The summed E-state index contributed by atoms with van der Waals surface area (Å²) in [5.41, 5.74) is 1.58. The fourth-order valence-electron chi connectivity index (χ4n) is 4.02. The van der Waals surface area contributed by atoms with Gasteiger partial charge in [0, 0.05) is 25.7 Å². The van der Waals surface area contributed by atoms with Crippen LogP contribution in [0.4, 0.5) is 0 Å². The number of carbonyl (C=O) groups is 2. The van der Waals surface area contributed by atoms with Gasteiger partial charge in [-0.3, -0.25) is 4.79 Å². The van der Waals surface area contributed by atoms with Crippen LogP contribution in [0.3, 0.4) is 0 Å². The number of esters is 1. The maximum absolute atomic E-state index is 12.9. The summed E-state index contributed by atoms with van der Waals surface area (Å²) in [4.78, 5) is 29.7. The number of hydrogen-bond donors (Lipinski definition) is 0. The SMILES string of the molecule is CCOC(=O)c1ccc2c(c1)sc(=NC(=O)c1ccc(S(=O)(=O)N3CCC[C@@H](C)C3)cc1)n2C. The molecule has 1 fully saturated rings. The largest absolute Gasteiger partial charge is 0.462 e. The van der Waals surface area contributed by atoms with Gasteiger partial charge in [-0.15, -0.1) is 0 Å². The van der Waals surface area contributed by atoms with Crippen LogP contribution in [0.2, 0.25) is 0 Å². The Hall–Kier alpha value is -2.82. The topological polar surface area (TPSA) is 98.0 Å². The molecule has 0 unspecified atom stereocenters. The summed E-state index contributed by atoms with van der Waals surface area (Å²) < 4.78 is 35.0. The van der Waals surface area contributed by atoms with Crippen LogP contribution in [0.5, 0.6) is 0 Å². The van der Waals surface area contributed by atoms with Gasteiger partial charge in [0.1, 0.15) is 0 Å². The van der Waals surface area contributed by atoms with E-state index < -0.39 is 21.9 Å². The first-order valence-corrected chi connectivity index (χ1v) is 13.4. The van der Waals surface area contributed by atoms with Crippen LogP contribution in [-0.2, 0) is 21.8 Å². The zero-order chi connectivity index (χ0) is 24.5. The van der Waals surface area contributed by atoms with Crippen LogP contribution in [0.1, 0.15) is 47.4 Å². The summed E-state index contributed by atoms with van der Waals surface area (Å²) in [5, 5.41) is 0. The second kappa shape index (κ2) is 9.81. The molecule has 2 heterocycles. The average Bonchev–Trinajstić information content (AvgIpc) is 3.13. The molecule has 180 valence electrons. The molecule has 0 N–H and O–H groups in total. The summed E-state index contributed by atoms with van der Waals surface area (Å²) in [7, 11) is -1.79. The van der Waals surface area contributed by atoms with Gasteiger partial charge in [0.2, 0.25) is 10.0 Å². The van der Waals surface area contributed by atoms with E-state index >= 15 is 0 Å². The standard InChI is InChI=1S/C24H27N3O5S2/c1-4-32-23(29)18-9-12-20-21(14-18)33-24(26(20)3)25-22(28)17-7-10-19(11-8-17)34(30,31)27-13-5-6-16(2)15-27/h7-12,14,16H,4-6,13,15H2,1-3H3/t16-/m1/s1. The van der Waals surface area contributed by atoms with E-state index in [1.165, 1.54) is 39.9 Å². The number of hydrogen-bond acceptors (Lipinski definition) is 6. The first-order valence-electron chi connectivity index (χ1n) is 11.2. The Labute approximate surface area is 202 Å². The molecule has 0 radical (unpaired) electrons. The highest BCUT2D eigenvalue weighted by Crippen LogP contribution is 2.24.